The Bertz CT molecular complexity index is 489. The average Bonchev–Trinajstić information content (AvgIpc) is 2.48. The molecule has 0 aromatic heterocycles. The van der Waals surface area contributed by atoms with Crippen LogP contribution < -0.4 is 5.32 Å². The summed E-state index contributed by atoms with van der Waals surface area (Å²) in [5, 5.41) is 3.49. The van der Waals surface area contributed by atoms with Gasteiger partial charge in [0.1, 0.15) is 0 Å². The van der Waals surface area contributed by atoms with Crippen molar-refractivity contribution in [1.82, 2.24) is 10.2 Å². The quantitative estimate of drug-likeness (QED) is 0.854. The Morgan fingerprint density at radius 3 is 2.80 bits per heavy atom. The van der Waals surface area contributed by atoms with Gasteiger partial charge in [-0.05, 0) is 31.0 Å². The SMILES string of the molecule is O=C(c1cccc(Br)c1)N1CCNCC12CCCCC2. The summed E-state index contributed by atoms with van der Waals surface area (Å²) in [5.74, 6) is 0.190. The standard InChI is InChI=1S/C16H21BrN2O/c17-14-6-4-5-13(11-14)15(20)19-10-9-18-12-16(19)7-2-1-3-8-16/h4-6,11,18H,1-3,7-10,12H2. The predicted molar refractivity (Wildman–Crippen MR) is 83.9 cm³/mol. The van der Waals surface area contributed by atoms with Crippen LogP contribution in [-0.2, 0) is 0 Å². The smallest absolute Gasteiger partial charge is 0.254 e. The number of nitrogens with zero attached hydrogens (tertiary/aromatic N) is 1. The molecule has 0 bridgehead atoms. The van der Waals surface area contributed by atoms with Crippen LogP contribution >= 0.6 is 15.9 Å². The first-order chi connectivity index (χ1) is 9.71. The number of amides is 1. The van der Waals surface area contributed by atoms with Crippen molar-refractivity contribution in [1.29, 1.82) is 0 Å². The predicted octanol–water partition coefficient (Wildman–Crippen LogP) is 3.20. The van der Waals surface area contributed by atoms with Crippen LogP contribution in [-0.4, -0.2) is 36.0 Å². The molecule has 1 aliphatic carbocycles. The van der Waals surface area contributed by atoms with Gasteiger partial charge in [0.05, 0.1) is 5.54 Å². The summed E-state index contributed by atoms with van der Waals surface area (Å²) in [6, 6.07) is 7.75. The van der Waals surface area contributed by atoms with Gasteiger partial charge in [0.25, 0.3) is 5.91 Å². The third-order valence-electron chi connectivity index (χ3n) is 4.64. The van der Waals surface area contributed by atoms with E-state index in [9.17, 15) is 4.79 Å². The highest BCUT2D eigenvalue weighted by atomic mass is 79.9. The van der Waals surface area contributed by atoms with Crippen LogP contribution in [0.2, 0.25) is 0 Å². The number of hydrogen-bond acceptors (Lipinski definition) is 2. The first kappa shape index (κ1) is 14.1. The fourth-order valence-electron chi connectivity index (χ4n) is 3.60. The van der Waals surface area contributed by atoms with Crippen LogP contribution in [0.5, 0.6) is 0 Å². The summed E-state index contributed by atoms with van der Waals surface area (Å²) in [6.45, 7) is 2.68. The summed E-state index contributed by atoms with van der Waals surface area (Å²) in [4.78, 5) is 15.0. The van der Waals surface area contributed by atoms with E-state index in [-0.39, 0.29) is 11.4 Å². The molecule has 4 heteroatoms. The summed E-state index contributed by atoms with van der Waals surface area (Å²) in [6.07, 6.45) is 6.06. The van der Waals surface area contributed by atoms with Gasteiger partial charge in [0.2, 0.25) is 0 Å². The van der Waals surface area contributed by atoms with Crippen LogP contribution in [0.3, 0.4) is 0 Å². The lowest BCUT2D eigenvalue weighted by atomic mass is 9.78. The van der Waals surface area contributed by atoms with Crippen LogP contribution in [0.15, 0.2) is 28.7 Å². The van der Waals surface area contributed by atoms with Crippen molar-refractivity contribution < 1.29 is 4.79 Å². The molecule has 2 fully saturated rings. The zero-order valence-corrected chi connectivity index (χ0v) is 13.3. The molecular formula is C16H21BrN2O. The number of hydrogen-bond donors (Lipinski definition) is 1. The van der Waals surface area contributed by atoms with Crippen molar-refractivity contribution in [2.75, 3.05) is 19.6 Å². The monoisotopic (exact) mass is 336 g/mol. The van der Waals surface area contributed by atoms with Gasteiger partial charge in [-0.25, -0.2) is 0 Å². The Kier molecular flexibility index (Phi) is 4.13. The number of nitrogens with one attached hydrogen (secondary N) is 1. The highest BCUT2D eigenvalue weighted by Gasteiger charge is 2.42. The molecule has 20 heavy (non-hydrogen) atoms. The van der Waals surface area contributed by atoms with E-state index < -0.39 is 0 Å². The molecule has 1 saturated carbocycles. The highest BCUT2D eigenvalue weighted by Crippen LogP contribution is 2.35. The van der Waals surface area contributed by atoms with Gasteiger partial charge in [0.15, 0.2) is 0 Å². The first-order valence-electron chi connectivity index (χ1n) is 7.50. The number of benzene rings is 1. The maximum atomic E-state index is 12.9. The molecule has 1 aliphatic heterocycles. The summed E-state index contributed by atoms with van der Waals surface area (Å²) in [7, 11) is 0. The Morgan fingerprint density at radius 1 is 1.25 bits per heavy atom. The molecule has 0 radical (unpaired) electrons. The zero-order chi connectivity index (χ0) is 14.0. The van der Waals surface area contributed by atoms with Gasteiger partial charge in [0, 0.05) is 29.7 Å². The summed E-state index contributed by atoms with van der Waals surface area (Å²) in [5.41, 5.74) is 0.849. The zero-order valence-electron chi connectivity index (χ0n) is 11.7. The molecule has 1 saturated heterocycles. The molecule has 1 aromatic rings. The lowest BCUT2D eigenvalue weighted by Gasteiger charge is -2.49. The van der Waals surface area contributed by atoms with Gasteiger partial charge in [-0.15, -0.1) is 0 Å². The van der Waals surface area contributed by atoms with E-state index in [4.69, 9.17) is 0 Å². The fourth-order valence-corrected chi connectivity index (χ4v) is 3.99. The Balaban J connectivity index is 1.87. The molecule has 3 nitrogen and oxygen atoms in total. The van der Waals surface area contributed by atoms with Crippen LogP contribution in [0, 0.1) is 0 Å². The lowest BCUT2D eigenvalue weighted by Crippen LogP contribution is -2.63. The number of carbonyl (C=O) groups excluding carboxylic acids is 1. The van der Waals surface area contributed by atoms with Crippen LogP contribution in [0.4, 0.5) is 0 Å². The molecule has 1 aromatic carbocycles. The van der Waals surface area contributed by atoms with E-state index in [1.54, 1.807) is 0 Å². The summed E-state index contributed by atoms with van der Waals surface area (Å²) < 4.78 is 0.969. The van der Waals surface area contributed by atoms with Gasteiger partial charge in [-0.1, -0.05) is 41.3 Å². The van der Waals surface area contributed by atoms with Crippen molar-refractivity contribution in [2.24, 2.45) is 0 Å². The topological polar surface area (TPSA) is 32.3 Å². The van der Waals surface area contributed by atoms with E-state index in [1.165, 1.54) is 19.3 Å². The summed E-state index contributed by atoms with van der Waals surface area (Å²) >= 11 is 3.46. The van der Waals surface area contributed by atoms with Crippen LogP contribution in [0.1, 0.15) is 42.5 Å². The Hall–Kier alpha value is -0.870. The van der Waals surface area contributed by atoms with Crippen LogP contribution in [0.25, 0.3) is 0 Å². The minimum Gasteiger partial charge on any atom is -0.330 e. The second kappa shape index (κ2) is 5.86. The van der Waals surface area contributed by atoms with E-state index in [0.717, 1.165) is 42.5 Å². The number of halogens is 1. The molecule has 1 N–H and O–H groups in total. The minimum absolute atomic E-state index is 0.0515. The molecular weight excluding hydrogens is 316 g/mol. The van der Waals surface area contributed by atoms with E-state index in [0.29, 0.717) is 0 Å². The fraction of sp³-hybridized carbons (Fsp3) is 0.562. The van der Waals surface area contributed by atoms with Crippen molar-refractivity contribution in [3.8, 4) is 0 Å². The maximum absolute atomic E-state index is 12.9. The van der Waals surface area contributed by atoms with E-state index >= 15 is 0 Å². The molecule has 2 aliphatic rings. The molecule has 1 heterocycles. The van der Waals surface area contributed by atoms with Gasteiger partial charge >= 0.3 is 0 Å². The molecule has 108 valence electrons. The van der Waals surface area contributed by atoms with E-state index in [1.807, 2.05) is 24.3 Å². The lowest BCUT2D eigenvalue weighted by molar-refractivity contribution is 0.0222. The third-order valence-corrected chi connectivity index (χ3v) is 5.13. The number of carbonyl (C=O) groups is 1. The van der Waals surface area contributed by atoms with Gasteiger partial charge < -0.3 is 10.2 Å². The van der Waals surface area contributed by atoms with Crippen molar-refractivity contribution >= 4 is 21.8 Å². The Labute approximate surface area is 128 Å². The number of rotatable bonds is 1. The normalized spacial score (nSPS) is 21.9. The Morgan fingerprint density at radius 2 is 2.05 bits per heavy atom. The van der Waals surface area contributed by atoms with E-state index in [2.05, 4.69) is 26.1 Å². The average molecular weight is 337 g/mol. The second-order valence-corrected chi connectivity index (χ2v) is 6.84. The molecule has 3 rings (SSSR count). The van der Waals surface area contributed by atoms with Crippen molar-refractivity contribution in [3.63, 3.8) is 0 Å². The molecule has 0 unspecified atom stereocenters. The molecule has 0 atom stereocenters. The third kappa shape index (κ3) is 2.63. The maximum Gasteiger partial charge on any atom is 0.254 e. The largest absolute Gasteiger partial charge is 0.330 e. The van der Waals surface area contributed by atoms with Gasteiger partial charge in [-0.3, -0.25) is 4.79 Å². The minimum atomic E-state index is 0.0515. The molecule has 1 amide bonds. The van der Waals surface area contributed by atoms with Crippen molar-refractivity contribution in [3.05, 3.63) is 34.3 Å². The highest BCUT2D eigenvalue weighted by molar-refractivity contribution is 9.10. The van der Waals surface area contributed by atoms with Gasteiger partial charge in [-0.2, -0.15) is 0 Å². The number of piperazine rings is 1. The first-order valence-corrected chi connectivity index (χ1v) is 8.29. The second-order valence-electron chi connectivity index (χ2n) is 5.93. The van der Waals surface area contributed by atoms with Crippen molar-refractivity contribution in [2.45, 2.75) is 37.6 Å². The molecule has 1 spiro atoms.